The Morgan fingerprint density at radius 3 is 2.00 bits per heavy atom. The van der Waals surface area contributed by atoms with E-state index in [1.807, 2.05) is 0 Å². The van der Waals surface area contributed by atoms with Crippen molar-refractivity contribution >= 4 is 5.91 Å². The summed E-state index contributed by atoms with van der Waals surface area (Å²) in [5.41, 5.74) is 0. The summed E-state index contributed by atoms with van der Waals surface area (Å²) < 4.78 is 0. The minimum Gasteiger partial charge on any atom is -0.342 e. The zero-order valence-electron chi connectivity index (χ0n) is 12.9. The molecule has 1 aliphatic heterocycles. The summed E-state index contributed by atoms with van der Waals surface area (Å²) in [5.74, 6) is 0.707. The first kappa shape index (κ1) is 16.5. The topological polar surface area (TPSA) is 32.3 Å². The van der Waals surface area contributed by atoms with Crippen molar-refractivity contribution in [2.24, 2.45) is 5.92 Å². The number of nitrogens with one attached hydrogen (secondary N) is 1. The van der Waals surface area contributed by atoms with Gasteiger partial charge in [-0.25, -0.2) is 0 Å². The molecule has 1 saturated heterocycles. The van der Waals surface area contributed by atoms with Crippen molar-refractivity contribution in [1.29, 1.82) is 0 Å². The van der Waals surface area contributed by atoms with Crippen LogP contribution in [0.4, 0.5) is 0 Å². The van der Waals surface area contributed by atoms with E-state index >= 15 is 0 Å². The van der Waals surface area contributed by atoms with Crippen LogP contribution in [0.3, 0.4) is 0 Å². The molecule has 0 atom stereocenters. The van der Waals surface area contributed by atoms with Gasteiger partial charge in [-0.3, -0.25) is 4.79 Å². The molecule has 3 nitrogen and oxygen atoms in total. The lowest BCUT2D eigenvalue weighted by atomic mass is 9.96. The van der Waals surface area contributed by atoms with Crippen LogP contribution in [0.1, 0.15) is 65.2 Å². The van der Waals surface area contributed by atoms with Gasteiger partial charge in [0.1, 0.15) is 0 Å². The molecular weight excluding hydrogens is 236 g/mol. The van der Waals surface area contributed by atoms with Crippen molar-refractivity contribution in [1.82, 2.24) is 10.2 Å². The Kier molecular flexibility index (Phi) is 8.89. The Morgan fingerprint density at radius 1 is 1.00 bits per heavy atom. The SMILES string of the molecule is CCCCCN(CCCCC)C(=O)C1CCNCC1. The summed E-state index contributed by atoms with van der Waals surface area (Å²) >= 11 is 0. The Morgan fingerprint density at radius 2 is 1.53 bits per heavy atom. The molecule has 0 aliphatic carbocycles. The molecule has 0 aromatic carbocycles. The molecule has 0 unspecified atom stereocenters. The van der Waals surface area contributed by atoms with Gasteiger partial charge >= 0.3 is 0 Å². The predicted octanol–water partition coefficient (Wildman–Crippen LogP) is 3.20. The molecule has 3 heteroatoms. The zero-order valence-corrected chi connectivity index (χ0v) is 12.9. The Labute approximate surface area is 119 Å². The van der Waals surface area contributed by atoms with Crippen molar-refractivity contribution in [3.05, 3.63) is 0 Å². The molecule has 1 amide bonds. The van der Waals surface area contributed by atoms with Crippen molar-refractivity contribution in [2.75, 3.05) is 26.2 Å². The van der Waals surface area contributed by atoms with Crippen molar-refractivity contribution < 1.29 is 4.79 Å². The number of carbonyl (C=O) groups is 1. The van der Waals surface area contributed by atoms with Gasteiger partial charge in [0.2, 0.25) is 5.91 Å². The van der Waals surface area contributed by atoms with Crippen molar-refractivity contribution in [2.45, 2.75) is 65.2 Å². The van der Waals surface area contributed by atoms with E-state index in [0.717, 1.165) is 39.0 Å². The lowest BCUT2D eigenvalue weighted by Crippen LogP contribution is -2.42. The summed E-state index contributed by atoms with van der Waals surface area (Å²) in [6.07, 6.45) is 9.31. The number of unbranched alkanes of at least 4 members (excludes halogenated alkanes) is 4. The lowest BCUT2D eigenvalue weighted by Gasteiger charge is -2.30. The fraction of sp³-hybridized carbons (Fsp3) is 0.938. The number of hydrogen-bond donors (Lipinski definition) is 1. The van der Waals surface area contributed by atoms with Gasteiger partial charge in [0, 0.05) is 19.0 Å². The maximum Gasteiger partial charge on any atom is 0.225 e. The van der Waals surface area contributed by atoms with E-state index in [9.17, 15) is 4.79 Å². The van der Waals surface area contributed by atoms with Gasteiger partial charge in [-0.2, -0.15) is 0 Å². The summed E-state index contributed by atoms with van der Waals surface area (Å²) in [6, 6.07) is 0. The summed E-state index contributed by atoms with van der Waals surface area (Å²) in [5, 5.41) is 3.34. The summed E-state index contributed by atoms with van der Waals surface area (Å²) in [7, 11) is 0. The van der Waals surface area contributed by atoms with E-state index in [0.29, 0.717) is 5.91 Å². The standard InChI is InChI=1S/C16H32N2O/c1-3-5-7-13-18(14-8-6-4-2)16(19)15-9-11-17-12-10-15/h15,17H,3-14H2,1-2H3. The van der Waals surface area contributed by atoms with Crippen LogP contribution in [0.15, 0.2) is 0 Å². The van der Waals surface area contributed by atoms with E-state index in [-0.39, 0.29) is 5.92 Å². The van der Waals surface area contributed by atoms with Crippen LogP contribution < -0.4 is 5.32 Å². The average Bonchev–Trinajstić information content (AvgIpc) is 2.46. The zero-order chi connectivity index (χ0) is 13.9. The lowest BCUT2D eigenvalue weighted by molar-refractivity contribution is -0.136. The highest BCUT2D eigenvalue weighted by Crippen LogP contribution is 2.16. The molecule has 112 valence electrons. The Bertz CT molecular complexity index is 227. The molecule has 19 heavy (non-hydrogen) atoms. The second-order valence-corrected chi connectivity index (χ2v) is 5.76. The average molecular weight is 268 g/mol. The number of piperidine rings is 1. The molecule has 1 aliphatic rings. The summed E-state index contributed by atoms with van der Waals surface area (Å²) in [6.45, 7) is 8.40. The van der Waals surface area contributed by atoms with Crippen LogP contribution in [0.25, 0.3) is 0 Å². The highest BCUT2D eigenvalue weighted by atomic mass is 16.2. The highest BCUT2D eigenvalue weighted by molar-refractivity contribution is 5.79. The second kappa shape index (κ2) is 10.2. The van der Waals surface area contributed by atoms with Crippen LogP contribution >= 0.6 is 0 Å². The quantitative estimate of drug-likeness (QED) is 0.651. The van der Waals surface area contributed by atoms with Crippen LogP contribution in [-0.4, -0.2) is 37.0 Å². The smallest absolute Gasteiger partial charge is 0.225 e. The third-order valence-corrected chi connectivity index (χ3v) is 4.06. The fourth-order valence-electron chi connectivity index (χ4n) is 2.76. The van der Waals surface area contributed by atoms with Gasteiger partial charge in [-0.05, 0) is 38.8 Å². The van der Waals surface area contributed by atoms with E-state index in [1.54, 1.807) is 0 Å². The highest BCUT2D eigenvalue weighted by Gasteiger charge is 2.25. The number of carbonyl (C=O) groups excluding carboxylic acids is 1. The van der Waals surface area contributed by atoms with Crippen LogP contribution in [0.5, 0.6) is 0 Å². The fourth-order valence-corrected chi connectivity index (χ4v) is 2.76. The summed E-state index contributed by atoms with van der Waals surface area (Å²) in [4.78, 5) is 14.7. The largest absolute Gasteiger partial charge is 0.342 e. The van der Waals surface area contributed by atoms with Crippen LogP contribution in [-0.2, 0) is 4.79 Å². The number of rotatable bonds is 9. The van der Waals surface area contributed by atoms with Crippen molar-refractivity contribution in [3.63, 3.8) is 0 Å². The van der Waals surface area contributed by atoms with Crippen LogP contribution in [0.2, 0.25) is 0 Å². The van der Waals surface area contributed by atoms with Gasteiger partial charge in [-0.15, -0.1) is 0 Å². The molecule has 0 aromatic heterocycles. The van der Waals surface area contributed by atoms with E-state index in [4.69, 9.17) is 0 Å². The van der Waals surface area contributed by atoms with Crippen molar-refractivity contribution in [3.8, 4) is 0 Å². The first-order valence-electron chi connectivity index (χ1n) is 8.29. The molecule has 0 aromatic rings. The van der Waals surface area contributed by atoms with Gasteiger partial charge in [0.15, 0.2) is 0 Å². The Hall–Kier alpha value is -0.570. The first-order chi connectivity index (χ1) is 9.29. The third kappa shape index (κ3) is 6.42. The molecule has 0 bridgehead atoms. The minimum atomic E-state index is 0.282. The van der Waals surface area contributed by atoms with Crippen LogP contribution in [0, 0.1) is 5.92 Å². The number of hydrogen-bond acceptors (Lipinski definition) is 2. The molecule has 0 spiro atoms. The number of nitrogens with zero attached hydrogens (tertiary/aromatic N) is 1. The third-order valence-electron chi connectivity index (χ3n) is 4.06. The molecule has 1 N–H and O–H groups in total. The van der Waals surface area contributed by atoms with E-state index in [2.05, 4.69) is 24.1 Å². The maximum atomic E-state index is 12.6. The van der Waals surface area contributed by atoms with Gasteiger partial charge in [0.25, 0.3) is 0 Å². The maximum absolute atomic E-state index is 12.6. The molecule has 0 saturated carbocycles. The van der Waals surface area contributed by atoms with E-state index < -0.39 is 0 Å². The minimum absolute atomic E-state index is 0.282. The molecule has 1 fully saturated rings. The van der Waals surface area contributed by atoms with E-state index in [1.165, 1.54) is 38.5 Å². The normalized spacial score (nSPS) is 16.5. The molecule has 1 rings (SSSR count). The van der Waals surface area contributed by atoms with Gasteiger partial charge in [0.05, 0.1) is 0 Å². The first-order valence-corrected chi connectivity index (χ1v) is 8.29. The number of amides is 1. The molecule has 1 heterocycles. The van der Waals surface area contributed by atoms with Gasteiger partial charge < -0.3 is 10.2 Å². The molecular formula is C16H32N2O. The monoisotopic (exact) mass is 268 g/mol. The van der Waals surface area contributed by atoms with Gasteiger partial charge in [-0.1, -0.05) is 39.5 Å². The predicted molar refractivity (Wildman–Crippen MR) is 81.2 cm³/mol. The molecule has 0 radical (unpaired) electrons. The second-order valence-electron chi connectivity index (χ2n) is 5.76. The Balaban J connectivity index is 2.41.